The summed E-state index contributed by atoms with van der Waals surface area (Å²) in [6, 6.07) is 9.23. The van der Waals surface area contributed by atoms with E-state index in [2.05, 4.69) is 15.2 Å². The van der Waals surface area contributed by atoms with E-state index >= 15 is 0 Å². The average molecular weight is 319 g/mol. The van der Waals surface area contributed by atoms with Crippen LogP contribution < -0.4 is 0 Å². The highest BCUT2D eigenvalue weighted by molar-refractivity contribution is 6.43. The molecule has 0 radical (unpaired) electrons. The molecule has 3 rings (SSSR count). The summed E-state index contributed by atoms with van der Waals surface area (Å²) in [5.41, 5.74) is 3.31. The molecule has 0 bridgehead atoms. The molecule has 0 atom stereocenters. The maximum Gasteiger partial charge on any atom is 0.182 e. The van der Waals surface area contributed by atoms with Crippen molar-refractivity contribution in [2.45, 2.75) is 13.8 Å². The largest absolute Gasteiger partial charge is 0.283 e. The van der Waals surface area contributed by atoms with Crippen LogP contribution in [0.3, 0.4) is 0 Å². The van der Waals surface area contributed by atoms with E-state index in [1.807, 2.05) is 36.6 Å². The first-order valence-electron chi connectivity index (χ1n) is 6.38. The minimum absolute atomic E-state index is 0.394. The second-order valence-electron chi connectivity index (χ2n) is 4.68. The molecule has 1 aromatic carbocycles. The van der Waals surface area contributed by atoms with Gasteiger partial charge in [-0.1, -0.05) is 35.3 Å². The number of hydrogen-bond acceptors (Lipinski definition) is 3. The van der Waals surface area contributed by atoms with Crippen LogP contribution in [0.2, 0.25) is 10.0 Å². The smallest absolute Gasteiger partial charge is 0.182 e. The topological polar surface area (TPSA) is 42.0 Å². The maximum atomic E-state index is 6.11. The highest BCUT2D eigenvalue weighted by atomic mass is 35.5. The van der Waals surface area contributed by atoms with Crippen molar-refractivity contribution in [2.24, 2.45) is 10.2 Å². The Kier molecular flexibility index (Phi) is 3.66. The molecule has 2 aromatic heterocycles. The molecule has 21 heavy (non-hydrogen) atoms. The third kappa shape index (κ3) is 2.52. The van der Waals surface area contributed by atoms with Gasteiger partial charge in [-0.25, -0.2) is 4.98 Å². The fourth-order valence-corrected chi connectivity index (χ4v) is 2.43. The molecule has 0 unspecified atom stereocenters. The molecule has 0 N–H and O–H groups in total. The number of aromatic nitrogens is 2. The quantitative estimate of drug-likeness (QED) is 0.561. The number of azo groups is 1. The van der Waals surface area contributed by atoms with Gasteiger partial charge in [-0.15, -0.1) is 10.2 Å². The third-order valence-electron chi connectivity index (χ3n) is 3.17. The molecule has 106 valence electrons. The molecular formula is C15H12Cl2N4. The molecule has 0 aliphatic heterocycles. The van der Waals surface area contributed by atoms with Crippen LogP contribution in [0.4, 0.5) is 11.5 Å². The highest BCUT2D eigenvalue weighted by Gasteiger charge is 2.10. The predicted octanol–water partition coefficient (Wildman–Crippen LogP) is 5.67. The molecule has 0 amide bonds. The maximum absolute atomic E-state index is 6.11. The van der Waals surface area contributed by atoms with Crippen molar-refractivity contribution < 1.29 is 0 Å². The molecule has 3 aromatic rings. The monoisotopic (exact) mass is 318 g/mol. The van der Waals surface area contributed by atoms with Gasteiger partial charge in [0.1, 0.15) is 11.3 Å². The molecule has 0 aliphatic carbocycles. The van der Waals surface area contributed by atoms with Crippen molar-refractivity contribution in [3.05, 3.63) is 57.8 Å². The SMILES string of the molecule is Cc1nc2c(C)cccn2c1N=Nc1cccc(Cl)c1Cl. The van der Waals surface area contributed by atoms with E-state index in [0.29, 0.717) is 21.6 Å². The first kappa shape index (κ1) is 14.0. The standard InChI is InChI=1S/C15H12Cl2N4/c1-9-5-4-8-21-14(9)18-10(2)15(21)20-19-12-7-3-6-11(16)13(12)17/h3-8H,1-2H3. The van der Waals surface area contributed by atoms with Crippen LogP contribution in [0.15, 0.2) is 46.8 Å². The third-order valence-corrected chi connectivity index (χ3v) is 3.98. The second-order valence-corrected chi connectivity index (χ2v) is 5.46. The number of halogens is 2. The number of pyridine rings is 1. The summed E-state index contributed by atoms with van der Waals surface area (Å²) in [6.45, 7) is 3.91. The van der Waals surface area contributed by atoms with E-state index in [4.69, 9.17) is 23.2 Å². The molecule has 0 saturated heterocycles. The summed E-state index contributed by atoms with van der Waals surface area (Å²) >= 11 is 12.1. The lowest BCUT2D eigenvalue weighted by Crippen LogP contribution is -1.85. The number of hydrogen-bond donors (Lipinski definition) is 0. The molecular weight excluding hydrogens is 307 g/mol. The summed E-state index contributed by atoms with van der Waals surface area (Å²) in [4.78, 5) is 4.52. The van der Waals surface area contributed by atoms with E-state index in [0.717, 1.165) is 16.9 Å². The second kappa shape index (κ2) is 5.47. The molecule has 2 heterocycles. The number of aryl methyl sites for hydroxylation is 2. The van der Waals surface area contributed by atoms with Gasteiger partial charge in [-0.3, -0.25) is 4.40 Å². The van der Waals surface area contributed by atoms with Crippen molar-refractivity contribution in [1.82, 2.24) is 9.38 Å². The molecule has 4 nitrogen and oxygen atoms in total. The Morgan fingerprint density at radius 2 is 1.86 bits per heavy atom. The van der Waals surface area contributed by atoms with Gasteiger partial charge in [-0.2, -0.15) is 0 Å². The summed E-state index contributed by atoms with van der Waals surface area (Å²) in [6.07, 6.45) is 1.91. The lowest BCUT2D eigenvalue weighted by atomic mass is 10.3. The van der Waals surface area contributed by atoms with Crippen LogP contribution in [0.25, 0.3) is 5.65 Å². The van der Waals surface area contributed by atoms with Gasteiger partial charge in [0.2, 0.25) is 0 Å². The van der Waals surface area contributed by atoms with Crippen LogP contribution in [-0.4, -0.2) is 9.38 Å². The highest BCUT2D eigenvalue weighted by Crippen LogP contribution is 2.33. The van der Waals surface area contributed by atoms with Crippen LogP contribution >= 0.6 is 23.2 Å². The number of fused-ring (bicyclic) bond motifs is 1. The number of nitrogens with zero attached hydrogens (tertiary/aromatic N) is 4. The Morgan fingerprint density at radius 1 is 1.05 bits per heavy atom. The van der Waals surface area contributed by atoms with Crippen molar-refractivity contribution in [3.8, 4) is 0 Å². The van der Waals surface area contributed by atoms with Gasteiger partial charge in [-0.05, 0) is 37.6 Å². The predicted molar refractivity (Wildman–Crippen MR) is 85.3 cm³/mol. The van der Waals surface area contributed by atoms with Crippen LogP contribution in [0.1, 0.15) is 11.3 Å². The average Bonchev–Trinajstić information content (AvgIpc) is 2.78. The van der Waals surface area contributed by atoms with Gasteiger partial charge < -0.3 is 0 Å². The summed E-state index contributed by atoms with van der Waals surface area (Å²) in [5.74, 6) is 0.685. The fourth-order valence-electron chi connectivity index (χ4n) is 2.10. The Hall–Kier alpha value is -1.91. The van der Waals surface area contributed by atoms with Crippen LogP contribution in [0, 0.1) is 13.8 Å². The number of rotatable bonds is 2. The molecule has 0 spiro atoms. The first-order valence-corrected chi connectivity index (χ1v) is 7.13. The van der Waals surface area contributed by atoms with Crippen molar-refractivity contribution in [2.75, 3.05) is 0 Å². The van der Waals surface area contributed by atoms with Crippen LogP contribution in [-0.2, 0) is 0 Å². The number of benzene rings is 1. The summed E-state index contributed by atoms with van der Waals surface area (Å²) in [7, 11) is 0. The Morgan fingerprint density at radius 3 is 2.67 bits per heavy atom. The van der Waals surface area contributed by atoms with E-state index in [1.165, 1.54) is 0 Å². The Bertz CT molecular complexity index is 852. The zero-order valence-corrected chi connectivity index (χ0v) is 13.0. The normalized spacial score (nSPS) is 11.6. The first-order chi connectivity index (χ1) is 10.1. The zero-order valence-electron chi connectivity index (χ0n) is 11.5. The zero-order chi connectivity index (χ0) is 15.0. The lowest BCUT2D eigenvalue weighted by Gasteiger charge is -2.00. The Labute approximate surface area is 132 Å². The van der Waals surface area contributed by atoms with Crippen LogP contribution in [0.5, 0.6) is 0 Å². The van der Waals surface area contributed by atoms with Crippen molar-refractivity contribution >= 4 is 40.4 Å². The van der Waals surface area contributed by atoms with E-state index in [1.54, 1.807) is 18.2 Å². The minimum Gasteiger partial charge on any atom is -0.283 e. The van der Waals surface area contributed by atoms with Gasteiger partial charge in [0.25, 0.3) is 0 Å². The van der Waals surface area contributed by atoms with Crippen molar-refractivity contribution in [3.63, 3.8) is 0 Å². The van der Waals surface area contributed by atoms with E-state index in [-0.39, 0.29) is 0 Å². The summed E-state index contributed by atoms with van der Waals surface area (Å²) in [5, 5.41) is 9.34. The van der Waals surface area contributed by atoms with E-state index in [9.17, 15) is 0 Å². The molecule has 6 heteroatoms. The minimum atomic E-state index is 0.394. The van der Waals surface area contributed by atoms with Gasteiger partial charge in [0.15, 0.2) is 5.82 Å². The molecule has 0 fully saturated rings. The van der Waals surface area contributed by atoms with Crippen molar-refractivity contribution in [1.29, 1.82) is 0 Å². The lowest BCUT2D eigenvalue weighted by molar-refractivity contribution is 1.09. The molecule has 0 aliphatic rings. The van der Waals surface area contributed by atoms with E-state index < -0.39 is 0 Å². The summed E-state index contributed by atoms with van der Waals surface area (Å²) < 4.78 is 1.91. The van der Waals surface area contributed by atoms with Gasteiger partial charge in [0.05, 0.1) is 15.7 Å². The van der Waals surface area contributed by atoms with Gasteiger partial charge in [0, 0.05) is 6.20 Å². The number of imidazole rings is 1. The Balaban J connectivity index is 2.10. The fraction of sp³-hybridized carbons (Fsp3) is 0.133. The van der Waals surface area contributed by atoms with Gasteiger partial charge >= 0.3 is 0 Å². The molecule has 0 saturated carbocycles.